The molecule has 0 amide bonds. The topological polar surface area (TPSA) is 127 Å². The minimum Gasteiger partial charge on any atom is -0.480 e. The van der Waals surface area contributed by atoms with Gasteiger partial charge >= 0.3 is 11.9 Å². The molecule has 1 aliphatic heterocycles. The molecule has 186 valence electrons. The first-order chi connectivity index (χ1) is 17.1. The van der Waals surface area contributed by atoms with E-state index in [4.69, 9.17) is 5.11 Å². The molecular weight excluding hydrogens is 482 g/mol. The zero-order valence-corrected chi connectivity index (χ0v) is 20.3. The summed E-state index contributed by atoms with van der Waals surface area (Å²) in [4.78, 5) is 24.4. The quantitative estimate of drug-likeness (QED) is 0.437. The van der Waals surface area contributed by atoms with E-state index in [0.29, 0.717) is 18.5 Å². The normalized spacial score (nSPS) is 15.2. The van der Waals surface area contributed by atoms with E-state index in [9.17, 15) is 23.1 Å². The molecule has 4 rings (SSSR count). The number of aliphatic carboxylic acids is 1. The monoisotopic (exact) mass is 507 g/mol. The van der Waals surface area contributed by atoms with Gasteiger partial charge in [-0.3, -0.25) is 4.79 Å². The zero-order valence-electron chi connectivity index (χ0n) is 19.5. The van der Waals surface area contributed by atoms with E-state index in [1.165, 1.54) is 11.2 Å². The van der Waals surface area contributed by atoms with Crippen molar-refractivity contribution in [3.05, 3.63) is 77.4 Å². The van der Waals surface area contributed by atoms with Gasteiger partial charge in [0.1, 0.15) is 6.04 Å². The second-order valence-corrected chi connectivity index (χ2v) is 10.1. The van der Waals surface area contributed by atoms with Gasteiger partial charge in [-0.25, -0.2) is 4.79 Å². The maximum atomic E-state index is 12.4. The van der Waals surface area contributed by atoms with Crippen molar-refractivity contribution in [2.45, 2.75) is 13.0 Å². The van der Waals surface area contributed by atoms with Crippen LogP contribution in [0.4, 0.5) is 5.69 Å². The fourth-order valence-corrected chi connectivity index (χ4v) is 5.32. The summed E-state index contributed by atoms with van der Waals surface area (Å²) in [5, 5.41) is 19.8. The number of fused-ring (bicyclic) bond motifs is 1. The number of rotatable bonds is 6. The molecule has 1 fully saturated rings. The van der Waals surface area contributed by atoms with Crippen LogP contribution in [-0.2, 0) is 15.0 Å². The molecule has 0 aromatic heterocycles. The SMILES string of the molecule is C[C@@H](NS(=O)(=O)N1CCN(c2ccc(C#Cc3ccc4c(C(=O)O)cccc4c3)cc2)CC1)C(=O)O. The van der Waals surface area contributed by atoms with Crippen molar-refractivity contribution in [3.8, 4) is 11.8 Å². The Morgan fingerprint density at radius 3 is 2.19 bits per heavy atom. The van der Waals surface area contributed by atoms with E-state index in [-0.39, 0.29) is 18.7 Å². The van der Waals surface area contributed by atoms with Gasteiger partial charge in [0.2, 0.25) is 0 Å². The molecule has 0 radical (unpaired) electrons. The summed E-state index contributed by atoms with van der Waals surface area (Å²) in [6.45, 7) is 2.73. The number of piperazine rings is 1. The molecule has 1 saturated heterocycles. The Hall–Kier alpha value is -3.91. The highest BCUT2D eigenvalue weighted by Crippen LogP contribution is 2.21. The number of nitrogens with zero attached hydrogens (tertiary/aromatic N) is 2. The molecule has 3 aromatic rings. The van der Waals surface area contributed by atoms with Gasteiger partial charge in [0.05, 0.1) is 5.56 Å². The van der Waals surface area contributed by atoms with Gasteiger partial charge in [0.15, 0.2) is 0 Å². The van der Waals surface area contributed by atoms with Crippen LogP contribution in [0.1, 0.15) is 28.4 Å². The Labute approximate surface area is 209 Å². The van der Waals surface area contributed by atoms with Crippen LogP contribution in [0.3, 0.4) is 0 Å². The summed E-state index contributed by atoms with van der Waals surface area (Å²) in [5.41, 5.74) is 2.78. The molecule has 1 aliphatic rings. The first-order valence-electron chi connectivity index (χ1n) is 11.3. The average molecular weight is 508 g/mol. The minimum atomic E-state index is -3.87. The lowest BCUT2D eigenvalue weighted by Gasteiger charge is -2.35. The Morgan fingerprint density at radius 2 is 1.56 bits per heavy atom. The van der Waals surface area contributed by atoms with Crippen LogP contribution in [0.5, 0.6) is 0 Å². The number of benzene rings is 3. The van der Waals surface area contributed by atoms with Crippen molar-refractivity contribution >= 4 is 38.6 Å². The molecule has 10 heteroatoms. The van der Waals surface area contributed by atoms with Crippen molar-refractivity contribution in [3.63, 3.8) is 0 Å². The molecule has 3 aromatic carbocycles. The van der Waals surface area contributed by atoms with Gasteiger partial charge in [-0.2, -0.15) is 17.4 Å². The first kappa shape index (κ1) is 25.2. The molecule has 0 saturated carbocycles. The highest BCUT2D eigenvalue weighted by Gasteiger charge is 2.29. The van der Waals surface area contributed by atoms with Crippen LogP contribution in [0.2, 0.25) is 0 Å². The van der Waals surface area contributed by atoms with E-state index in [1.807, 2.05) is 36.4 Å². The molecule has 0 unspecified atom stereocenters. The second kappa shape index (κ2) is 10.4. The van der Waals surface area contributed by atoms with Crippen molar-refractivity contribution in [2.24, 2.45) is 0 Å². The van der Waals surface area contributed by atoms with Crippen LogP contribution in [0, 0.1) is 11.8 Å². The molecule has 3 N–H and O–H groups in total. The Morgan fingerprint density at radius 1 is 0.917 bits per heavy atom. The summed E-state index contributed by atoms with van der Waals surface area (Å²) >= 11 is 0. The lowest BCUT2D eigenvalue weighted by molar-refractivity contribution is -0.138. The van der Waals surface area contributed by atoms with E-state index in [2.05, 4.69) is 21.5 Å². The maximum Gasteiger partial charge on any atom is 0.336 e. The maximum absolute atomic E-state index is 12.4. The van der Waals surface area contributed by atoms with Gasteiger partial charge in [0, 0.05) is 43.0 Å². The van der Waals surface area contributed by atoms with Gasteiger partial charge in [-0.15, -0.1) is 0 Å². The predicted octanol–water partition coefficient (Wildman–Crippen LogP) is 2.37. The predicted molar refractivity (Wildman–Crippen MR) is 136 cm³/mol. The Balaban J connectivity index is 1.40. The van der Waals surface area contributed by atoms with Crippen molar-refractivity contribution < 1.29 is 28.2 Å². The third kappa shape index (κ3) is 5.66. The molecule has 0 bridgehead atoms. The molecule has 0 aliphatic carbocycles. The second-order valence-electron chi connectivity index (χ2n) is 8.41. The molecule has 0 spiro atoms. The van der Waals surface area contributed by atoms with Gasteiger partial charge in [-0.1, -0.05) is 30.0 Å². The largest absolute Gasteiger partial charge is 0.480 e. The third-order valence-electron chi connectivity index (χ3n) is 5.97. The van der Waals surface area contributed by atoms with Crippen molar-refractivity contribution in [1.82, 2.24) is 9.03 Å². The number of anilines is 1. The number of carboxylic acid groups (broad SMARTS) is 2. The highest BCUT2D eigenvalue weighted by atomic mass is 32.2. The molecule has 9 nitrogen and oxygen atoms in total. The lowest BCUT2D eigenvalue weighted by atomic mass is 10.0. The summed E-state index contributed by atoms with van der Waals surface area (Å²) in [5.74, 6) is 4.04. The number of carbonyl (C=O) groups is 2. The summed E-state index contributed by atoms with van der Waals surface area (Å²) < 4.78 is 28.2. The number of nitrogens with one attached hydrogen (secondary N) is 1. The summed E-state index contributed by atoms with van der Waals surface area (Å²) in [6.07, 6.45) is 0. The minimum absolute atomic E-state index is 0.245. The number of hydrogen-bond acceptors (Lipinski definition) is 5. The van der Waals surface area contributed by atoms with Gasteiger partial charge < -0.3 is 15.1 Å². The fourth-order valence-electron chi connectivity index (χ4n) is 3.98. The van der Waals surface area contributed by atoms with Crippen LogP contribution >= 0.6 is 0 Å². The number of carboxylic acids is 2. The van der Waals surface area contributed by atoms with Crippen LogP contribution in [0.25, 0.3) is 10.8 Å². The third-order valence-corrected chi connectivity index (χ3v) is 7.67. The van der Waals surface area contributed by atoms with Gasteiger partial charge in [0.25, 0.3) is 10.2 Å². The zero-order chi connectivity index (χ0) is 25.9. The van der Waals surface area contributed by atoms with Crippen molar-refractivity contribution in [1.29, 1.82) is 0 Å². The Kier molecular flexibility index (Phi) is 7.26. The van der Waals surface area contributed by atoms with E-state index >= 15 is 0 Å². The lowest BCUT2D eigenvalue weighted by Crippen LogP contribution is -2.54. The fraction of sp³-hybridized carbons (Fsp3) is 0.231. The van der Waals surface area contributed by atoms with Crippen LogP contribution in [0.15, 0.2) is 60.7 Å². The van der Waals surface area contributed by atoms with Crippen LogP contribution in [-0.4, -0.2) is 67.1 Å². The standard InChI is InChI=1S/C26H25N3O6S/c1-18(25(30)31)27-36(34,35)29-15-13-28(14-16-29)22-10-7-19(8-11-22)5-6-20-9-12-23-21(17-20)3-2-4-24(23)26(32)33/h2-4,7-12,17-18,27H,13-16H2,1H3,(H,30,31)(H,32,33)/t18-/m1/s1. The number of aromatic carboxylic acids is 1. The Bertz CT molecular complexity index is 1470. The summed E-state index contributed by atoms with van der Waals surface area (Å²) in [7, 11) is -3.87. The summed E-state index contributed by atoms with van der Waals surface area (Å²) in [6, 6.07) is 17.0. The number of hydrogen-bond donors (Lipinski definition) is 3. The molecular formula is C26H25N3O6S. The molecule has 36 heavy (non-hydrogen) atoms. The average Bonchev–Trinajstić information content (AvgIpc) is 2.87. The first-order valence-corrected chi connectivity index (χ1v) is 12.7. The van der Waals surface area contributed by atoms with E-state index < -0.39 is 28.2 Å². The van der Waals surface area contributed by atoms with E-state index in [1.54, 1.807) is 24.3 Å². The van der Waals surface area contributed by atoms with Gasteiger partial charge in [-0.05, 0) is 60.2 Å². The van der Waals surface area contributed by atoms with Crippen LogP contribution < -0.4 is 9.62 Å². The highest BCUT2D eigenvalue weighted by molar-refractivity contribution is 7.87. The van der Waals surface area contributed by atoms with E-state index in [0.717, 1.165) is 22.2 Å². The molecule has 1 atom stereocenters. The molecule has 1 heterocycles. The smallest absolute Gasteiger partial charge is 0.336 e. The van der Waals surface area contributed by atoms with Crippen molar-refractivity contribution in [2.75, 3.05) is 31.1 Å².